The van der Waals surface area contributed by atoms with Gasteiger partial charge in [0.05, 0.1) is 43.2 Å². The largest absolute Gasteiger partial charge is 0.458 e. The van der Waals surface area contributed by atoms with Crippen molar-refractivity contribution in [2.45, 2.75) is 182 Å². The van der Waals surface area contributed by atoms with Crippen LogP contribution in [0.3, 0.4) is 0 Å². The van der Waals surface area contributed by atoms with Crippen LogP contribution in [0.2, 0.25) is 0 Å². The van der Waals surface area contributed by atoms with E-state index in [0.29, 0.717) is 18.8 Å². The highest BCUT2D eigenvalue weighted by Crippen LogP contribution is 2.70. The van der Waals surface area contributed by atoms with Gasteiger partial charge < -0.3 is 83.9 Å². The average Bonchev–Trinajstić information content (AvgIpc) is 3.73. The second kappa shape index (κ2) is 17.2. The molecule has 23 atom stereocenters. The molecule has 60 heavy (non-hydrogen) atoms. The third kappa shape index (κ3) is 7.60. The van der Waals surface area contributed by atoms with Crippen LogP contribution in [-0.4, -0.2) is 183 Å². The minimum absolute atomic E-state index is 0.0139. The Bertz CT molecular complexity index is 1570. The standard InChI is InChI=1S/C42H66O18/c1-18-37(60-39-36(51)34(49)32(47)27(59-39)17-55-38-35(50)33(48)31(46)26(15-43)58-38)25(53-4)13-29(56-18)57-21-7-9-40(2)20(12-21)5-6-23-22(40)8-10-41(3)30(19-11-28(45)54-16-19)24(44)14-42(23,41)52/h11,18,20-27,29-39,43-44,46-52H,5-10,12-17H2,1-4H3/t18?,20?,21-,22?,23?,24-,25?,26?,27?,29?,30-,31?,32?,33?,34?,35?,36?,37?,38?,39?,40-,41+,42-/m0/s1. The molecule has 18 nitrogen and oxygen atoms in total. The van der Waals surface area contributed by atoms with E-state index in [1.54, 1.807) is 6.92 Å². The zero-order chi connectivity index (χ0) is 43.1. The maximum atomic E-state index is 12.6. The molecule has 3 saturated heterocycles. The van der Waals surface area contributed by atoms with Gasteiger partial charge in [-0.2, -0.15) is 0 Å². The normalized spacial score (nSPS) is 54.4. The van der Waals surface area contributed by atoms with Crippen molar-refractivity contribution in [3.8, 4) is 0 Å². The van der Waals surface area contributed by atoms with Crippen LogP contribution in [0.15, 0.2) is 11.6 Å². The monoisotopic (exact) mass is 858 g/mol. The lowest BCUT2D eigenvalue weighted by molar-refractivity contribution is -0.355. The van der Waals surface area contributed by atoms with Crippen LogP contribution in [0, 0.1) is 34.5 Å². The summed E-state index contributed by atoms with van der Waals surface area (Å²) in [6, 6.07) is 0. The van der Waals surface area contributed by atoms with Gasteiger partial charge in [0, 0.05) is 37.4 Å². The molecule has 9 N–H and O–H groups in total. The minimum atomic E-state index is -1.71. The molecule has 0 radical (unpaired) electrons. The fraction of sp³-hybridized carbons (Fsp3) is 0.929. The van der Waals surface area contributed by atoms with Crippen molar-refractivity contribution in [3.63, 3.8) is 0 Å². The van der Waals surface area contributed by atoms with E-state index in [-0.39, 0.29) is 41.8 Å². The summed E-state index contributed by atoms with van der Waals surface area (Å²) in [5.74, 6) is -0.00189. The van der Waals surface area contributed by atoms with Crippen molar-refractivity contribution in [1.82, 2.24) is 0 Å². The molecule has 17 unspecified atom stereocenters. The first kappa shape index (κ1) is 45.1. The fourth-order valence-corrected chi connectivity index (χ4v) is 13.0. The summed E-state index contributed by atoms with van der Waals surface area (Å²) in [4.78, 5) is 12.0. The van der Waals surface area contributed by atoms with Crippen molar-refractivity contribution in [2.75, 3.05) is 26.9 Å². The number of carbonyl (C=O) groups is 1. The van der Waals surface area contributed by atoms with Crippen LogP contribution >= 0.6 is 0 Å². The molecule has 0 spiro atoms. The lowest BCUT2D eigenvalue weighted by Crippen LogP contribution is -2.63. The van der Waals surface area contributed by atoms with Crippen LogP contribution in [0.25, 0.3) is 0 Å². The van der Waals surface area contributed by atoms with E-state index in [2.05, 4.69) is 13.8 Å². The number of esters is 1. The van der Waals surface area contributed by atoms with Gasteiger partial charge in [0.15, 0.2) is 18.9 Å². The highest BCUT2D eigenvalue weighted by molar-refractivity contribution is 5.85. The number of aliphatic hydroxyl groups is 9. The summed E-state index contributed by atoms with van der Waals surface area (Å²) in [5, 5.41) is 96.4. The lowest BCUT2D eigenvalue weighted by atomic mass is 9.43. The smallest absolute Gasteiger partial charge is 0.331 e. The molecule has 4 heterocycles. The second-order valence-electron chi connectivity index (χ2n) is 19.4. The van der Waals surface area contributed by atoms with Gasteiger partial charge in [0.2, 0.25) is 0 Å². The van der Waals surface area contributed by atoms with E-state index in [4.69, 9.17) is 37.9 Å². The molecule has 7 fully saturated rings. The Morgan fingerprint density at radius 1 is 0.800 bits per heavy atom. The topological polar surface area (TPSA) is 273 Å². The second-order valence-corrected chi connectivity index (χ2v) is 19.4. The molecule has 18 heteroatoms. The van der Waals surface area contributed by atoms with Gasteiger partial charge in [-0.3, -0.25) is 0 Å². The van der Waals surface area contributed by atoms with Gasteiger partial charge in [-0.15, -0.1) is 0 Å². The molecule has 8 aliphatic rings. The third-order valence-electron chi connectivity index (χ3n) is 16.4. The molecular weight excluding hydrogens is 792 g/mol. The molecule has 0 aromatic heterocycles. The van der Waals surface area contributed by atoms with Crippen LogP contribution in [0.4, 0.5) is 0 Å². The zero-order valence-electron chi connectivity index (χ0n) is 34.8. The Balaban J connectivity index is 0.863. The average molecular weight is 859 g/mol. The maximum Gasteiger partial charge on any atom is 0.331 e. The number of fused-ring (bicyclic) bond motifs is 5. The number of ether oxygens (including phenoxy) is 8. The zero-order valence-corrected chi connectivity index (χ0v) is 34.8. The van der Waals surface area contributed by atoms with Crippen molar-refractivity contribution < 1.29 is 88.6 Å². The molecule has 342 valence electrons. The minimum Gasteiger partial charge on any atom is -0.458 e. The van der Waals surface area contributed by atoms with Crippen LogP contribution in [0.5, 0.6) is 0 Å². The Hall–Kier alpha value is -1.43. The van der Waals surface area contributed by atoms with Crippen molar-refractivity contribution >= 4 is 5.97 Å². The number of hydrogen-bond acceptors (Lipinski definition) is 18. The van der Waals surface area contributed by atoms with E-state index < -0.39 is 116 Å². The van der Waals surface area contributed by atoms with E-state index in [9.17, 15) is 50.8 Å². The molecule has 4 saturated carbocycles. The van der Waals surface area contributed by atoms with E-state index >= 15 is 0 Å². The van der Waals surface area contributed by atoms with Crippen LogP contribution in [0.1, 0.15) is 78.6 Å². The van der Waals surface area contributed by atoms with Crippen LogP contribution in [-0.2, 0) is 42.7 Å². The summed E-state index contributed by atoms with van der Waals surface area (Å²) in [5.41, 5.74) is -0.825. The van der Waals surface area contributed by atoms with Crippen molar-refractivity contribution in [3.05, 3.63) is 11.6 Å². The van der Waals surface area contributed by atoms with Gasteiger partial charge >= 0.3 is 5.97 Å². The van der Waals surface area contributed by atoms with Gasteiger partial charge in [-0.05, 0) is 80.6 Å². The number of methoxy groups -OCH3 is 1. The summed E-state index contributed by atoms with van der Waals surface area (Å²) in [7, 11) is 1.53. The highest BCUT2D eigenvalue weighted by atomic mass is 16.8. The number of cyclic esters (lactones) is 1. The van der Waals surface area contributed by atoms with Crippen molar-refractivity contribution in [2.24, 2.45) is 34.5 Å². The first-order chi connectivity index (χ1) is 28.4. The van der Waals surface area contributed by atoms with E-state index in [0.717, 1.165) is 50.5 Å². The SMILES string of the molecule is COC1CC(O[C@H]2CC[C@@]3(C)C(CCC4C3CC[C@]3(C)[C@@H](C5=CC(=O)OC5)[C@@H](O)C[C@]43O)C2)OC(C)C1OC1OC(COC2OC(CO)C(O)C(O)C2O)C(O)C(O)C1O. The number of rotatable bonds is 10. The third-order valence-corrected chi connectivity index (χ3v) is 16.4. The summed E-state index contributed by atoms with van der Waals surface area (Å²) in [6.45, 7) is 5.28. The molecule has 0 aromatic rings. The molecule has 8 rings (SSSR count). The highest BCUT2D eigenvalue weighted by Gasteiger charge is 2.70. The first-order valence-corrected chi connectivity index (χ1v) is 21.8. The molecule has 4 aliphatic carbocycles. The predicted octanol–water partition coefficient (Wildman–Crippen LogP) is -1.24. The lowest BCUT2D eigenvalue weighted by Gasteiger charge is -2.63. The Labute approximate surface area is 349 Å². The van der Waals surface area contributed by atoms with Crippen LogP contribution < -0.4 is 0 Å². The van der Waals surface area contributed by atoms with Gasteiger partial charge in [-0.25, -0.2) is 4.79 Å². The maximum absolute atomic E-state index is 12.6. The summed E-state index contributed by atoms with van der Waals surface area (Å²) < 4.78 is 47.1. The Kier molecular flexibility index (Phi) is 12.9. The first-order valence-electron chi connectivity index (χ1n) is 21.8. The molecule has 0 bridgehead atoms. The molecule has 4 aliphatic heterocycles. The van der Waals surface area contributed by atoms with Gasteiger partial charge in [0.1, 0.15) is 61.5 Å². The summed E-state index contributed by atoms with van der Waals surface area (Å²) >= 11 is 0. The van der Waals surface area contributed by atoms with Gasteiger partial charge in [0.25, 0.3) is 0 Å². The number of hydrogen-bond donors (Lipinski definition) is 9. The van der Waals surface area contributed by atoms with Gasteiger partial charge in [-0.1, -0.05) is 13.8 Å². The fourth-order valence-electron chi connectivity index (χ4n) is 13.0. The Morgan fingerprint density at radius 2 is 1.50 bits per heavy atom. The number of carbonyl (C=O) groups excluding carboxylic acids is 1. The Morgan fingerprint density at radius 3 is 2.18 bits per heavy atom. The molecular formula is C42H66O18. The molecule has 0 amide bonds. The van der Waals surface area contributed by atoms with Crippen molar-refractivity contribution in [1.29, 1.82) is 0 Å². The molecule has 0 aromatic carbocycles. The summed E-state index contributed by atoms with van der Waals surface area (Å²) in [6.07, 6.45) is -10.7. The van der Waals surface area contributed by atoms with E-state index in [1.807, 2.05) is 0 Å². The quantitative estimate of drug-likeness (QED) is 0.0918. The predicted molar refractivity (Wildman–Crippen MR) is 203 cm³/mol. The van der Waals surface area contributed by atoms with E-state index in [1.165, 1.54) is 13.2 Å². The number of aliphatic hydroxyl groups excluding tert-OH is 8.